The second kappa shape index (κ2) is 11.2. The van der Waals surface area contributed by atoms with Gasteiger partial charge in [-0.15, -0.1) is 0 Å². The van der Waals surface area contributed by atoms with Gasteiger partial charge in [0.15, 0.2) is 0 Å². The second-order valence-corrected chi connectivity index (χ2v) is 9.46. The number of fused-ring (bicyclic) bond motifs is 1. The highest BCUT2D eigenvalue weighted by molar-refractivity contribution is 9.10. The minimum absolute atomic E-state index is 0.146. The molecule has 0 spiro atoms. The topological polar surface area (TPSA) is 108 Å². The Morgan fingerprint density at radius 1 is 1.06 bits per heavy atom. The molecule has 3 rings (SSSR count). The first-order chi connectivity index (χ1) is 16.2. The van der Waals surface area contributed by atoms with Crippen LogP contribution in [0.1, 0.15) is 38.4 Å². The van der Waals surface area contributed by atoms with Crippen molar-refractivity contribution in [3.05, 3.63) is 82.9 Å². The minimum atomic E-state index is -0.659. The Morgan fingerprint density at radius 3 is 2.41 bits per heavy atom. The average Bonchev–Trinajstić information content (AvgIpc) is 2.82. The average molecular weight is 527 g/mol. The first-order valence-electron chi connectivity index (χ1n) is 10.8. The Hall–Kier alpha value is -3.36. The summed E-state index contributed by atoms with van der Waals surface area (Å²) >= 11 is 3.37. The number of ether oxygens (including phenoxy) is 1. The SMILES string of the molecule is CC(C)(CC/C=C/C(=O)NO)[C@H](OC(=O)Nc1ccc(Br)cc1)c1ccc(O)c2ccccc12. The lowest BCUT2D eigenvalue weighted by Gasteiger charge is -2.35. The molecule has 0 unspecified atom stereocenters. The summed E-state index contributed by atoms with van der Waals surface area (Å²) in [7, 11) is 0. The number of carbonyl (C=O) groups excluding carboxylic acids is 2. The van der Waals surface area contributed by atoms with Crippen molar-refractivity contribution in [1.29, 1.82) is 0 Å². The Morgan fingerprint density at radius 2 is 1.74 bits per heavy atom. The van der Waals surface area contributed by atoms with Gasteiger partial charge in [-0.2, -0.15) is 0 Å². The molecule has 0 bridgehead atoms. The van der Waals surface area contributed by atoms with Gasteiger partial charge in [-0.1, -0.05) is 66.2 Å². The summed E-state index contributed by atoms with van der Waals surface area (Å²) in [6, 6.07) is 17.9. The highest BCUT2D eigenvalue weighted by Gasteiger charge is 2.35. The maximum Gasteiger partial charge on any atom is 0.412 e. The summed E-state index contributed by atoms with van der Waals surface area (Å²) in [5.41, 5.74) is 2.38. The van der Waals surface area contributed by atoms with E-state index in [9.17, 15) is 14.7 Å². The molecule has 0 fully saturated rings. The fourth-order valence-electron chi connectivity index (χ4n) is 3.78. The molecule has 4 N–H and O–H groups in total. The van der Waals surface area contributed by atoms with Crippen LogP contribution in [0.4, 0.5) is 10.5 Å². The minimum Gasteiger partial charge on any atom is -0.507 e. The maximum atomic E-state index is 12.9. The third kappa shape index (κ3) is 6.36. The molecule has 0 aliphatic heterocycles. The van der Waals surface area contributed by atoms with Gasteiger partial charge in [0.2, 0.25) is 0 Å². The van der Waals surface area contributed by atoms with Crippen LogP contribution in [-0.4, -0.2) is 22.3 Å². The lowest BCUT2D eigenvalue weighted by Crippen LogP contribution is -2.29. The molecule has 34 heavy (non-hydrogen) atoms. The number of phenolic OH excluding ortho intramolecular Hbond substituents is 1. The second-order valence-electron chi connectivity index (χ2n) is 8.54. The number of aromatic hydroxyl groups is 1. The first kappa shape index (κ1) is 25.3. The van der Waals surface area contributed by atoms with E-state index < -0.39 is 23.5 Å². The molecule has 0 saturated heterocycles. The molecule has 178 valence electrons. The molecule has 0 radical (unpaired) electrons. The van der Waals surface area contributed by atoms with Crippen molar-refractivity contribution in [3.8, 4) is 5.75 Å². The molecular formula is C26H27BrN2O5. The van der Waals surface area contributed by atoms with Crippen molar-refractivity contribution in [1.82, 2.24) is 5.48 Å². The number of halogens is 1. The molecule has 0 aromatic heterocycles. The van der Waals surface area contributed by atoms with Gasteiger partial charge in [-0.25, -0.2) is 10.3 Å². The van der Waals surface area contributed by atoms with E-state index in [1.807, 2.05) is 50.2 Å². The van der Waals surface area contributed by atoms with Crippen LogP contribution in [0.3, 0.4) is 0 Å². The maximum absolute atomic E-state index is 12.9. The molecule has 0 aliphatic rings. The van der Waals surface area contributed by atoms with E-state index in [0.29, 0.717) is 23.9 Å². The zero-order valence-corrected chi connectivity index (χ0v) is 20.5. The molecule has 2 amide bonds. The number of rotatable bonds is 8. The van der Waals surface area contributed by atoms with E-state index in [2.05, 4.69) is 21.2 Å². The van der Waals surface area contributed by atoms with Gasteiger partial charge in [-0.3, -0.25) is 15.3 Å². The van der Waals surface area contributed by atoms with E-state index in [-0.39, 0.29) is 5.75 Å². The van der Waals surface area contributed by atoms with Crippen molar-refractivity contribution in [2.45, 2.75) is 32.8 Å². The van der Waals surface area contributed by atoms with Crippen molar-refractivity contribution >= 4 is 44.4 Å². The van der Waals surface area contributed by atoms with Crippen molar-refractivity contribution in [3.63, 3.8) is 0 Å². The van der Waals surface area contributed by atoms with Gasteiger partial charge in [0.25, 0.3) is 5.91 Å². The molecule has 3 aromatic carbocycles. The first-order valence-corrected chi connectivity index (χ1v) is 11.5. The normalized spacial score (nSPS) is 12.5. The van der Waals surface area contributed by atoms with E-state index in [0.717, 1.165) is 15.4 Å². The van der Waals surface area contributed by atoms with E-state index in [1.165, 1.54) is 6.08 Å². The summed E-state index contributed by atoms with van der Waals surface area (Å²) in [4.78, 5) is 24.2. The largest absolute Gasteiger partial charge is 0.507 e. The van der Waals surface area contributed by atoms with Crippen LogP contribution >= 0.6 is 15.9 Å². The van der Waals surface area contributed by atoms with Gasteiger partial charge >= 0.3 is 6.09 Å². The Balaban J connectivity index is 1.92. The Kier molecular flexibility index (Phi) is 8.31. The molecule has 3 aromatic rings. The van der Waals surface area contributed by atoms with Crippen LogP contribution in [0, 0.1) is 5.41 Å². The Bertz CT molecular complexity index is 1190. The monoisotopic (exact) mass is 526 g/mol. The molecule has 1 atom stereocenters. The quantitative estimate of drug-likeness (QED) is 0.153. The van der Waals surface area contributed by atoms with E-state index in [1.54, 1.807) is 35.8 Å². The van der Waals surface area contributed by atoms with E-state index in [4.69, 9.17) is 9.94 Å². The number of hydroxylamine groups is 1. The predicted octanol–water partition coefficient (Wildman–Crippen LogP) is 6.47. The molecule has 0 heterocycles. The molecule has 7 nitrogen and oxygen atoms in total. The fraction of sp³-hybridized carbons (Fsp3) is 0.231. The third-order valence-corrected chi connectivity index (χ3v) is 6.11. The highest BCUT2D eigenvalue weighted by atomic mass is 79.9. The number of carbonyl (C=O) groups is 2. The lowest BCUT2D eigenvalue weighted by molar-refractivity contribution is -0.124. The predicted molar refractivity (Wildman–Crippen MR) is 135 cm³/mol. The van der Waals surface area contributed by atoms with Gasteiger partial charge in [0.1, 0.15) is 11.9 Å². The van der Waals surface area contributed by atoms with Crippen molar-refractivity contribution in [2.24, 2.45) is 5.41 Å². The van der Waals surface area contributed by atoms with Crippen LogP contribution in [0.5, 0.6) is 5.75 Å². The third-order valence-electron chi connectivity index (χ3n) is 5.58. The number of hydrogen-bond acceptors (Lipinski definition) is 5. The van der Waals surface area contributed by atoms with Gasteiger partial charge < -0.3 is 9.84 Å². The zero-order chi connectivity index (χ0) is 24.7. The Labute approximate surface area is 206 Å². The summed E-state index contributed by atoms with van der Waals surface area (Å²) in [6.07, 6.45) is 2.74. The van der Waals surface area contributed by atoms with Crippen LogP contribution in [-0.2, 0) is 9.53 Å². The van der Waals surface area contributed by atoms with Crippen LogP contribution in [0.2, 0.25) is 0 Å². The van der Waals surface area contributed by atoms with Gasteiger partial charge in [-0.05, 0) is 48.6 Å². The van der Waals surface area contributed by atoms with E-state index >= 15 is 0 Å². The summed E-state index contributed by atoms with van der Waals surface area (Å²) < 4.78 is 6.89. The van der Waals surface area contributed by atoms with Crippen LogP contribution in [0.15, 0.2) is 77.3 Å². The molecule has 8 heteroatoms. The number of hydrogen-bond donors (Lipinski definition) is 4. The number of amides is 2. The van der Waals surface area contributed by atoms with Gasteiger partial charge in [0.05, 0.1) is 0 Å². The number of nitrogens with one attached hydrogen (secondary N) is 2. The smallest absolute Gasteiger partial charge is 0.412 e. The molecule has 0 aliphatic carbocycles. The zero-order valence-electron chi connectivity index (χ0n) is 18.9. The highest BCUT2D eigenvalue weighted by Crippen LogP contribution is 2.44. The molecule has 0 saturated carbocycles. The summed E-state index contributed by atoms with van der Waals surface area (Å²) in [5.74, 6) is -0.461. The summed E-state index contributed by atoms with van der Waals surface area (Å²) in [5, 5.41) is 23.2. The lowest BCUT2D eigenvalue weighted by atomic mass is 9.77. The van der Waals surface area contributed by atoms with Crippen LogP contribution < -0.4 is 10.8 Å². The van der Waals surface area contributed by atoms with Gasteiger partial charge in [0, 0.05) is 32.6 Å². The molecular weight excluding hydrogens is 500 g/mol. The van der Waals surface area contributed by atoms with Crippen LogP contribution in [0.25, 0.3) is 10.8 Å². The number of allylic oxidation sites excluding steroid dienone is 1. The standard InChI is InChI=1S/C26H27BrN2O5/c1-26(2,16-6-5-9-23(31)29-33)24(34-25(32)28-18-12-10-17(27)11-13-18)21-14-15-22(30)20-8-4-3-7-19(20)21/h3-5,7-15,24,30,33H,6,16H2,1-2H3,(H,28,32)(H,29,31)/b9-5+/t24-/m1/s1. The number of benzene rings is 3. The van der Waals surface area contributed by atoms with Crippen molar-refractivity contribution < 1.29 is 24.6 Å². The van der Waals surface area contributed by atoms with Crippen molar-refractivity contribution in [2.75, 3.05) is 5.32 Å². The number of phenols is 1. The number of anilines is 1. The fourth-order valence-corrected chi connectivity index (χ4v) is 4.05. The summed E-state index contributed by atoms with van der Waals surface area (Å²) in [6.45, 7) is 3.96.